The molecule has 0 aromatic carbocycles. The summed E-state index contributed by atoms with van der Waals surface area (Å²) in [4.78, 5) is 12.7. The molecule has 1 aliphatic heterocycles. The van der Waals surface area contributed by atoms with Crippen molar-refractivity contribution in [1.82, 2.24) is 4.90 Å². The van der Waals surface area contributed by atoms with E-state index in [9.17, 15) is 4.79 Å². The highest BCUT2D eigenvalue weighted by Gasteiger charge is 2.08. The van der Waals surface area contributed by atoms with Crippen molar-refractivity contribution in [3.8, 4) is 0 Å². The molecule has 1 aliphatic rings. The van der Waals surface area contributed by atoms with Crippen LogP contribution in [-0.4, -0.2) is 47.1 Å². The molecule has 0 saturated carbocycles. The summed E-state index contributed by atoms with van der Waals surface area (Å²) in [6, 6.07) is 0. The highest BCUT2D eigenvalue weighted by Crippen LogP contribution is 2.10. The normalized spacial score (nSPS) is 19.1. The van der Waals surface area contributed by atoms with E-state index in [-0.39, 0.29) is 5.75 Å². The Hall–Kier alpha value is -0.220. The molecule has 1 heterocycles. The molecule has 1 rings (SSSR count). The lowest BCUT2D eigenvalue weighted by atomic mass is 10.2. The van der Waals surface area contributed by atoms with E-state index in [1.807, 2.05) is 0 Å². The number of carboxylic acid groups (broad SMARTS) is 1. The summed E-state index contributed by atoms with van der Waals surface area (Å²) < 4.78 is 0. The minimum Gasteiger partial charge on any atom is -0.481 e. The van der Waals surface area contributed by atoms with Gasteiger partial charge in [0.1, 0.15) is 0 Å². The zero-order chi connectivity index (χ0) is 10.2. The zero-order valence-corrected chi connectivity index (χ0v) is 9.39. The van der Waals surface area contributed by atoms with E-state index in [1.54, 1.807) is 0 Å². The molecule has 1 saturated heterocycles. The fourth-order valence-electron chi connectivity index (χ4n) is 1.71. The van der Waals surface area contributed by atoms with E-state index in [1.165, 1.54) is 50.5 Å². The summed E-state index contributed by atoms with van der Waals surface area (Å²) in [5.74, 6) is 0.492. The second-order valence-corrected chi connectivity index (χ2v) is 4.81. The van der Waals surface area contributed by atoms with Crippen molar-refractivity contribution in [3.63, 3.8) is 0 Å². The van der Waals surface area contributed by atoms with E-state index in [0.717, 1.165) is 12.3 Å². The SMILES string of the molecule is O=C(O)CSCCN1CCCCCC1. The van der Waals surface area contributed by atoms with Gasteiger partial charge in [0, 0.05) is 12.3 Å². The maximum absolute atomic E-state index is 10.3. The van der Waals surface area contributed by atoms with Crippen molar-refractivity contribution in [2.45, 2.75) is 25.7 Å². The first kappa shape index (κ1) is 11.9. The van der Waals surface area contributed by atoms with E-state index in [0.29, 0.717) is 0 Å². The van der Waals surface area contributed by atoms with Crippen LogP contribution in [0.5, 0.6) is 0 Å². The van der Waals surface area contributed by atoms with Gasteiger partial charge >= 0.3 is 5.97 Å². The molecule has 4 heteroatoms. The number of aliphatic carboxylic acids is 1. The van der Waals surface area contributed by atoms with Crippen LogP contribution in [0.4, 0.5) is 0 Å². The van der Waals surface area contributed by atoms with Gasteiger partial charge in [0.05, 0.1) is 5.75 Å². The van der Waals surface area contributed by atoms with Crippen LogP contribution in [0.25, 0.3) is 0 Å². The third-order valence-electron chi connectivity index (χ3n) is 2.48. The molecule has 3 nitrogen and oxygen atoms in total. The van der Waals surface area contributed by atoms with Crippen molar-refractivity contribution in [2.75, 3.05) is 31.1 Å². The Labute approximate surface area is 89.9 Å². The molecular formula is C10H19NO2S. The minimum atomic E-state index is -0.703. The third-order valence-corrected chi connectivity index (χ3v) is 3.40. The van der Waals surface area contributed by atoms with E-state index >= 15 is 0 Å². The minimum absolute atomic E-state index is 0.244. The Kier molecular flexibility index (Phi) is 6.03. The Bertz CT molecular complexity index is 168. The molecule has 0 bridgehead atoms. The summed E-state index contributed by atoms with van der Waals surface area (Å²) in [6.45, 7) is 3.46. The lowest BCUT2D eigenvalue weighted by molar-refractivity contribution is -0.133. The van der Waals surface area contributed by atoms with Gasteiger partial charge in [-0.2, -0.15) is 0 Å². The van der Waals surface area contributed by atoms with Gasteiger partial charge in [-0.1, -0.05) is 12.8 Å². The first-order valence-electron chi connectivity index (χ1n) is 5.31. The maximum atomic E-state index is 10.3. The van der Waals surface area contributed by atoms with E-state index in [2.05, 4.69) is 4.90 Å². The zero-order valence-electron chi connectivity index (χ0n) is 8.57. The Morgan fingerprint density at radius 1 is 1.21 bits per heavy atom. The fraction of sp³-hybridized carbons (Fsp3) is 0.900. The molecule has 14 heavy (non-hydrogen) atoms. The quantitative estimate of drug-likeness (QED) is 0.711. The van der Waals surface area contributed by atoms with Crippen molar-refractivity contribution in [3.05, 3.63) is 0 Å². The van der Waals surface area contributed by atoms with Crippen molar-refractivity contribution < 1.29 is 9.90 Å². The maximum Gasteiger partial charge on any atom is 0.313 e. The van der Waals surface area contributed by atoms with Crippen LogP contribution in [-0.2, 0) is 4.79 Å². The molecule has 0 spiro atoms. The Balaban J connectivity index is 2.01. The molecule has 0 atom stereocenters. The molecular weight excluding hydrogens is 198 g/mol. The van der Waals surface area contributed by atoms with Crippen LogP contribution >= 0.6 is 11.8 Å². The van der Waals surface area contributed by atoms with Gasteiger partial charge in [-0.3, -0.25) is 4.79 Å². The molecule has 0 radical (unpaired) electrons. The smallest absolute Gasteiger partial charge is 0.313 e. The topological polar surface area (TPSA) is 40.5 Å². The average molecular weight is 217 g/mol. The van der Waals surface area contributed by atoms with Crippen LogP contribution in [0.15, 0.2) is 0 Å². The molecule has 1 N–H and O–H groups in total. The fourth-order valence-corrected chi connectivity index (χ4v) is 2.42. The number of hydrogen-bond donors (Lipinski definition) is 1. The number of thioether (sulfide) groups is 1. The van der Waals surface area contributed by atoms with Crippen molar-refractivity contribution in [1.29, 1.82) is 0 Å². The standard InChI is InChI=1S/C10H19NO2S/c12-10(13)9-14-8-7-11-5-3-1-2-4-6-11/h1-9H2,(H,12,13). The average Bonchev–Trinajstić information content (AvgIpc) is 2.40. The van der Waals surface area contributed by atoms with Gasteiger partial charge in [-0.05, 0) is 25.9 Å². The summed E-state index contributed by atoms with van der Waals surface area (Å²) in [5.41, 5.74) is 0. The number of nitrogens with zero attached hydrogens (tertiary/aromatic N) is 1. The lowest BCUT2D eigenvalue weighted by Gasteiger charge is -2.18. The van der Waals surface area contributed by atoms with Gasteiger partial charge in [0.25, 0.3) is 0 Å². The molecule has 0 aromatic heterocycles. The van der Waals surface area contributed by atoms with Gasteiger partial charge in [-0.15, -0.1) is 11.8 Å². The third kappa shape index (κ3) is 5.50. The summed E-state index contributed by atoms with van der Waals surface area (Å²) in [6.07, 6.45) is 5.34. The summed E-state index contributed by atoms with van der Waals surface area (Å²) >= 11 is 1.52. The number of carboxylic acids is 1. The van der Waals surface area contributed by atoms with Gasteiger partial charge in [0.2, 0.25) is 0 Å². The predicted molar refractivity (Wildman–Crippen MR) is 59.9 cm³/mol. The highest BCUT2D eigenvalue weighted by molar-refractivity contribution is 7.99. The largest absolute Gasteiger partial charge is 0.481 e. The first-order chi connectivity index (χ1) is 6.79. The monoisotopic (exact) mass is 217 g/mol. The highest BCUT2D eigenvalue weighted by atomic mass is 32.2. The van der Waals surface area contributed by atoms with Gasteiger partial charge in [-0.25, -0.2) is 0 Å². The van der Waals surface area contributed by atoms with Crippen LogP contribution in [0.2, 0.25) is 0 Å². The second-order valence-electron chi connectivity index (χ2n) is 3.70. The van der Waals surface area contributed by atoms with Gasteiger partial charge < -0.3 is 10.0 Å². The summed E-state index contributed by atoms with van der Waals surface area (Å²) in [7, 11) is 0. The second kappa shape index (κ2) is 7.12. The van der Waals surface area contributed by atoms with Gasteiger partial charge in [0.15, 0.2) is 0 Å². The van der Waals surface area contributed by atoms with Crippen LogP contribution in [0.3, 0.4) is 0 Å². The number of carbonyl (C=O) groups is 1. The molecule has 82 valence electrons. The molecule has 0 aromatic rings. The number of rotatable bonds is 5. The molecule has 0 unspecified atom stereocenters. The Morgan fingerprint density at radius 3 is 2.43 bits per heavy atom. The predicted octanol–water partition coefficient (Wildman–Crippen LogP) is 1.68. The van der Waals surface area contributed by atoms with E-state index in [4.69, 9.17) is 5.11 Å². The Morgan fingerprint density at radius 2 is 1.86 bits per heavy atom. The first-order valence-corrected chi connectivity index (χ1v) is 6.46. The van der Waals surface area contributed by atoms with Crippen LogP contribution < -0.4 is 0 Å². The van der Waals surface area contributed by atoms with E-state index < -0.39 is 5.97 Å². The van der Waals surface area contributed by atoms with Crippen LogP contribution in [0.1, 0.15) is 25.7 Å². The molecule has 1 fully saturated rings. The van der Waals surface area contributed by atoms with Crippen molar-refractivity contribution in [2.24, 2.45) is 0 Å². The summed E-state index contributed by atoms with van der Waals surface area (Å²) in [5, 5.41) is 8.46. The molecule has 0 aliphatic carbocycles. The lowest BCUT2D eigenvalue weighted by Crippen LogP contribution is -2.27. The number of likely N-dealkylation sites (tertiary alicyclic amines) is 1. The number of hydrogen-bond acceptors (Lipinski definition) is 3. The van der Waals surface area contributed by atoms with Crippen LogP contribution in [0, 0.1) is 0 Å². The molecule has 0 amide bonds. The van der Waals surface area contributed by atoms with Crippen molar-refractivity contribution >= 4 is 17.7 Å².